The van der Waals surface area contributed by atoms with Gasteiger partial charge in [0, 0.05) is 32.2 Å². The number of ether oxygens (including phenoxy) is 2. The molecule has 1 heterocycles. The van der Waals surface area contributed by atoms with E-state index in [4.69, 9.17) is 14.5 Å². The number of halogens is 2. The molecule has 1 aromatic carbocycles. The van der Waals surface area contributed by atoms with Crippen LogP contribution in [0.2, 0.25) is 0 Å². The number of aliphatic imine (C=N–C) groups is 1. The number of nitrogens with zero attached hydrogens (tertiary/aromatic N) is 2. The molecule has 0 aromatic heterocycles. The van der Waals surface area contributed by atoms with Crippen LogP contribution in [0.5, 0.6) is 5.75 Å². The number of aliphatic hydroxyl groups is 1. The molecule has 0 amide bonds. The van der Waals surface area contributed by atoms with Gasteiger partial charge in [0.05, 0.1) is 19.8 Å². The van der Waals surface area contributed by atoms with Crippen LogP contribution in [0.1, 0.15) is 20.8 Å². The van der Waals surface area contributed by atoms with Gasteiger partial charge in [0.1, 0.15) is 24.3 Å². The number of aliphatic hydroxyl groups excluding tert-OH is 1. The van der Waals surface area contributed by atoms with E-state index in [1.54, 1.807) is 12.1 Å². The first kappa shape index (κ1) is 26.9. The summed E-state index contributed by atoms with van der Waals surface area (Å²) in [6, 6.07) is 6.09. The lowest BCUT2D eigenvalue weighted by Crippen LogP contribution is -2.48. The van der Waals surface area contributed by atoms with Crippen molar-refractivity contribution in [3.05, 3.63) is 30.1 Å². The van der Waals surface area contributed by atoms with Crippen LogP contribution in [0.4, 0.5) is 4.39 Å². The minimum absolute atomic E-state index is 0. The van der Waals surface area contributed by atoms with E-state index < -0.39 is 6.10 Å². The normalized spacial score (nSPS) is 17.2. The molecule has 2 unspecified atom stereocenters. The minimum atomic E-state index is -0.718. The summed E-state index contributed by atoms with van der Waals surface area (Å²) in [4.78, 5) is 7.17. The predicted octanol–water partition coefficient (Wildman–Crippen LogP) is 2.10. The number of morpholine rings is 1. The van der Waals surface area contributed by atoms with Crippen LogP contribution in [0, 0.1) is 11.7 Å². The van der Waals surface area contributed by atoms with Gasteiger partial charge in [-0.1, -0.05) is 13.8 Å². The predicted molar refractivity (Wildman–Crippen MR) is 128 cm³/mol. The van der Waals surface area contributed by atoms with Gasteiger partial charge in [-0.15, -0.1) is 24.0 Å². The van der Waals surface area contributed by atoms with Crippen molar-refractivity contribution in [2.45, 2.75) is 32.9 Å². The second-order valence-electron chi connectivity index (χ2n) is 7.48. The second-order valence-corrected chi connectivity index (χ2v) is 7.48. The summed E-state index contributed by atoms with van der Waals surface area (Å²) in [5, 5.41) is 16.6. The fraction of sp³-hybridized carbons (Fsp3) is 0.667. The number of hydrogen-bond acceptors (Lipinski definition) is 5. The first-order valence-corrected chi connectivity index (χ1v) is 10.4. The second kappa shape index (κ2) is 14.8. The van der Waals surface area contributed by atoms with Crippen molar-refractivity contribution >= 4 is 29.9 Å². The molecule has 1 aliphatic rings. The zero-order valence-electron chi connectivity index (χ0n) is 18.1. The lowest BCUT2D eigenvalue weighted by molar-refractivity contribution is 0.00866. The van der Waals surface area contributed by atoms with Crippen LogP contribution in [0.25, 0.3) is 0 Å². The lowest BCUT2D eigenvalue weighted by atomic mass is 10.0. The highest BCUT2D eigenvalue weighted by Gasteiger charge is 2.23. The first-order chi connectivity index (χ1) is 14.0. The third-order valence-corrected chi connectivity index (χ3v) is 4.83. The Kier molecular flexibility index (Phi) is 13.2. The van der Waals surface area contributed by atoms with Gasteiger partial charge in [0.25, 0.3) is 0 Å². The number of nitrogens with one attached hydrogen (secondary N) is 2. The van der Waals surface area contributed by atoms with Gasteiger partial charge in [-0.25, -0.2) is 4.39 Å². The largest absolute Gasteiger partial charge is 0.491 e. The summed E-state index contributed by atoms with van der Waals surface area (Å²) in [7, 11) is 0. The van der Waals surface area contributed by atoms with Gasteiger partial charge in [0.2, 0.25) is 0 Å². The molecule has 172 valence electrons. The zero-order valence-corrected chi connectivity index (χ0v) is 20.5. The molecule has 30 heavy (non-hydrogen) atoms. The Morgan fingerprint density at radius 3 is 2.50 bits per heavy atom. The summed E-state index contributed by atoms with van der Waals surface area (Å²) in [5.41, 5.74) is 0. The van der Waals surface area contributed by atoms with E-state index in [9.17, 15) is 9.50 Å². The summed E-state index contributed by atoms with van der Waals surface area (Å²) in [5.74, 6) is 1.36. The van der Waals surface area contributed by atoms with Crippen LogP contribution in [-0.4, -0.2) is 80.7 Å². The van der Waals surface area contributed by atoms with Crippen molar-refractivity contribution in [3.8, 4) is 5.75 Å². The molecule has 1 saturated heterocycles. The number of benzene rings is 1. The van der Waals surface area contributed by atoms with Crippen molar-refractivity contribution in [2.24, 2.45) is 10.9 Å². The molecule has 7 nitrogen and oxygen atoms in total. The van der Waals surface area contributed by atoms with Crippen molar-refractivity contribution in [1.82, 2.24) is 15.5 Å². The van der Waals surface area contributed by atoms with Gasteiger partial charge in [-0.05, 0) is 37.1 Å². The molecule has 3 N–H and O–H groups in total. The van der Waals surface area contributed by atoms with Gasteiger partial charge in [-0.3, -0.25) is 9.89 Å². The van der Waals surface area contributed by atoms with Gasteiger partial charge >= 0.3 is 0 Å². The molecular weight excluding hydrogens is 502 g/mol. The fourth-order valence-corrected chi connectivity index (χ4v) is 3.18. The van der Waals surface area contributed by atoms with Crippen LogP contribution in [0.3, 0.4) is 0 Å². The van der Waals surface area contributed by atoms with E-state index in [1.165, 1.54) is 12.1 Å². The first-order valence-electron chi connectivity index (χ1n) is 10.4. The van der Waals surface area contributed by atoms with E-state index in [-0.39, 0.29) is 36.4 Å². The van der Waals surface area contributed by atoms with Crippen molar-refractivity contribution in [3.63, 3.8) is 0 Å². The van der Waals surface area contributed by atoms with E-state index in [2.05, 4.69) is 29.4 Å². The van der Waals surface area contributed by atoms with Crippen LogP contribution >= 0.6 is 24.0 Å². The average molecular weight is 538 g/mol. The van der Waals surface area contributed by atoms with Crippen LogP contribution < -0.4 is 15.4 Å². The van der Waals surface area contributed by atoms with Crippen molar-refractivity contribution < 1.29 is 19.0 Å². The van der Waals surface area contributed by atoms with E-state index >= 15 is 0 Å². The highest BCUT2D eigenvalue weighted by molar-refractivity contribution is 14.0. The lowest BCUT2D eigenvalue weighted by Gasteiger charge is -2.36. The fourth-order valence-electron chi connectivity index (χ4n) is 3.18. The summed E-state index contributed by atoms with van der Waals surface area (Å²) < 4.78 is 23.9. The standard InChI is InChI=1S/C21H35FN4O3.HI/c1-4-23-21(25-14-20(16(2)3)26-9-11-28-12-10-26)24-13-18(27)15-29-19-7-5-17(22)6-8-19;/h5-8,16,18,20,27H,4,9-15H2,1-3H3,(H2,23,24,25);1H. The minimum Gasteiger partial charge on any atom is -0.491 e. The number of rotatable bonds is 10. The molecule has 9 heteroatoms. The van der Waals surface area contributed by atoms with Gasteiger partial charge < -0.3 is 25.2 Å². The molecule has 0 bridgehead atoms. The summed E-state index contributed by atoms with van der Waals surface area (Å²) in [6.07, 6.45) is -0.718. The molecule has 1 aromatic rings. The summed E-state index contributed by atoms with van der Waals surface area (Å²) in [6.45, 7) is 11.7. The van der Waals surface area contributed by atoms with Crippen LogP contribution in [0.15, 0.2) is 29.3 Å². The van der Waals surface area contributed by atoms with E-state index in [0.29, 0.717) is 36.8 Å². The highest BCUT2D eigenvalue weighted by Crippen LogP contribution is 2.13. The summed E-state index contributed by atoms with van der Waals surface area (Å²) >= 11 is 0. The third-order valence-electron chi connectivity index (χ3n) is 4.83. The molecular formula is C21H36FIN4O3. The van der Waals surface area contributed by atoms with Crippen molar-refractivity contribution in [1.29, 1.82) is 0 Å². The average Bonchev–Trinajstić information content (AvgIpc) is 2.72. The monoisotopic (exact) mass is 538 g/mol. The molecule has 0 radical (unpaired) electrons. The van der Waals surface area contributed by atoms with Crippen LogP contribution in [-0.2, 0) is 4.74 Å². The topological polar surface area (TPSA) is 78.4 Å². The molecule has 2 atom stereocenters. The number of guanidine groups is 1. The van der Waals surface area contributed by atoms with Crippen molar-refractivity contribution in [2.75, 3.05) is 52.5 Å². The Morgan fingerprint density at radius 2 is 1.90 bits per heavy atom. The maximum absolute atomic E-state index is 12.9. The van der Waals surface area contributed by atoms with E-state index in [1.807, 2.05) is 6.92 Å². The molecule has 1 aliphatic heterocycles. The SMILES string of the molecule is CCNC(=NCC(C(C)C)N1CCOCC1)NCC(O)COc1ccc(F)cc1.I. The Labute approximate surface area is 196 Å². The molecule has 2 rings (SSSR count). The van der Waals surface area contributed by atoms with E-state index in [0.717, 1.165) is 32.8 Å². The van der Waals surface area contributed by atoms with Gasteiger partial charge in [0.15, 0.2) is 5.96 Å². The van der Waals surface area contributed by atoms with Gasteiger partial charge in [-0.2, -0.15) is 0 Å². The smallest absolute Gasteiger partial charge is 0.191 e. The maximum Gasteiger partial charge on any atom is 0.191 e. The zero-order chi connectivity index (χ0) is 21.1. The Balaban J connectivity index is 0.00000450. The Bertz CT molecular complexity index is 613. The highest BCUT2D eigenvalue weighted by atomic mass is 127. The number of hydrogen-bond donors (Lipinski definition) is 3. The molecule has 1 fully saturated rings. The third kappa shape index (κ3) is 9.76. The Morgan fingerprint density at radius 1 is 1.23 bits per heavy atom. The maximum atomic E-state index is 12.9. The molecule has 0 saturated carbocycles. The molecule has 0 aliphatic carbocycles. The molecule has 0 spiro atoms. The quantitative estimate of drug-likeness (QED) is 0.241. The Hall–Kier alpha value is -1.17.